The van der Waals surface area contributed by atoms with Crippen LogP contribution >= 0.6 is 0 Å². The van der Waals surface area contributed by atoms with Gasteiger partial charge in [-0.15, -0.1) is 0 Å². The minimum atomic E-state index is -0.822. The molecule has 0 aliphatic carbocycles. The van der Waals surface area contributed by atoms with E-state index < -0.39 is 23.4 Å². The van der Waals surface area contributed by atoms with Crippen molar-refractivity contribution in [2.24, 2.45) is 17.3 Å². The van der Waals surface area contributed by atoms with Crippen molar-refractivity contribution in [3.8, 4) is 0 Å². The fourth-order valence-corrected chi connectivity index (χ4v) is 3.19. The summed E-state index contributed by atoms with van der Waals surface area (Å²) < 4.78 is 5.46. The van der Waals surface area contributed by atoms with Gasteiger partial charge in [-0.25, -0.2) is 4.79 Å². The van der Waals surface area contributed by atoms with Crippen molar-refractivity contribution in [1.82, 2.24) is 0 Å². The van der Waals surface area contributed by atoms with Gasteiger partial charge in [-0.1, -0.05) is 39.0 Å². The van der Waals surface area contributed by atoms with E-state index in [9.17, 15) is 14.7 Å². The molecular formula is C21H34O4. The van der Waals surface area contributed by atoms with Crippen molar-refractivity contribution < 1.29 is 19.4 Å². The van der Waals surface area contributed by atoms with Gasteiger partial charge in [0.15, 0.2) is 0 Å². The summed E-state index contributed by atoms with van der Waals surface area (Å²) in [6, 6.07) is 0. The van der Waals surface area contributed by atoms with Crippen LogP contribution in [-0.4, -0.2) is 29.1 Å². The molecule has 0 saturated carbocycles. The average Bonchev–Trinajstić information content (AvgIpc) is 2.58. The van der Waals surface area contributed by atoms with E-state index in [-0.39, 0.29) is 17.8 Å². The zero-order chi connectivity index (χ0) is 19.0. The SMILES string of the molecule is CCC1CC=CCCCC(C)C(O)C(C)C(=O)C(C)(C)/C=C/C(=O)O1. The highest BCUT2D eigenvalue weighted by atomic mass is 16.5. The number of allylic oxidation sites excluding steroid dienone is 2. The molecule has 25 heavy (non-hydrogen) atoms. The number of hydrogen-bond donors (Lipinski definition) is 1. The lowest BCUT2D eigenvalue weighted by atomic mass is 9.76. The third kappa shape index (κ3) is 6.77. The number of aliphatic hydroxyl groups is 1. The van der Waals surface area contributed by atoms with Gasteiger partial charge >= 0.3 is 5.97 Å². The van der Waals surface area contributed by atoms with E-state index in [4.69, 9.17) is 4.74 Å². The molecule has 0 aromatic rings. The molecule has 4 nitrogen and oxygen atoms in total. The van der Waals surface area contributed by atoms with Crippen LogP contribution < -0.4 is 0 Å². The number of rotatable bonds is 1. The number of carbonyl (C=O) groups excluding carboxylic acids is 2. The molecule has 0 spiro atoms. The Labute approximate surface area is 152 Å². The zero-order valence-electron chi connectivity index (χ0n) is 16.3. The molecule has 142 valence electrons. The van der Waals surface area contributed by atoms with Crippen LogP contribution in [0.15, 0.2) is 24.3 Å². The summed E-state index contributed by atoms with van der Waals surface area (Å²) in [7, 11) is 0. The highest BCUT2D eigenvalue weighted by Crippen LogP contribution is 2.28. The Balaban J connectivity index is 2.99. The van der Waals surface area contributed by atoms with Crippen LogP contribution in [0.4, 0.5) is 0 Å². The summed E-state index contributed by atoms with van der Waals surface area (Å²) in [6.45, 7) is 9.31. The molecule has 1 heterocycles. The van der Waals surface area contributed by atoms with Gasteiger partial charge in [0, 0.05) is 23.8 Å². The summed E-state index contributed by atoms with van der Waals surface area (Å²) >= 11 is 0. The van der Waals surface area contributed by atoms with E-state index in [1.807, 2.05) is 13.8 Å². The fraction of sp³-hybridized carbons (Fsp3) is 0.714. The summed E-state index contributed by atoms with van der Waals surface area (Å²) in [6.07, 6.45) is 10.5. The highest BCUT2D eigenvalue weighted by molar-refractivity contribution is 5.90. The first-order chi connectivity index (χ1) is 11.7. The first kappa shape index (κ1) is 21.6. The Morgan fingerprint density at radius 2 is 1.92 bits per heavy atom. The Bertz CT molecular complexity index is 504. The maximum atomic E-state index is 12.8. The normalized spacial score (nSPS) is 33.7. The van der Waals surface area contributed by atoms with Crippen LogP contribution in [0, 0.1) is 17.3 Å². The molecule has 1 aliphatic rings. The Kier molecular flexibility index (Phi) is 8.57. The molecule has 1 rings (SSSR count). The summed E-state index contributed by atoms with van der Waals surface area (Å²) in [5.74, 6) is -0.893. The largest absolute Gasteiger partial charge is 0.459 e. The number of ketones is 1. The van der Waals surface area contributed by atoms with Crippen LogP contribution in [0.2, 0.25) is 0 Å². The minimum Gasteiger partial charge on any atom is -0.459 e. The number of cyclic esters (lactones) is 1. The van der Waals surface area contributed by atoms with Gasteiger partial charge in [-0.3, -0.25) is 4.79 Å². The zero-order valence-corrected chi connectivity index (χ0v) is 16.3. The van der Waals surface area contributed by atoms with Crippen molar-refractivity contribution in [2.45, 2.75) is 78.9 Å². The first-order valence-electron chi connectivity index (χ1n) is 9.46. The van der Waals surface area contributed by atoms with Crippen LogP contribution in [0.25, 0.3) is 0 Å². The smallest absolute Gasteiger partial charge is 0.330 e. The van der Waals surface area contributed by atoms with Crippen LogP contribution in [0.1, 0.15) is 66.7 Å². The molecule has 1 N–H and O–H groups in total. The molecule has 0 amide bonds. The van der Waals surface area contributed by atoms with Crippen molar-refractivity contribution in [3.63, 3.8) is 0 Å². The fourth-order valence-electron chi connectivity index (χ4n) is 3.19. The van der Waals surface area contributed by atoms with Crippen LogP contribution in [0.5, 0.6) is 0 Å². The van der Waals surface area contributed by atoms with Crippen molar-refractivity contribution in [1.29, 1.82) is 0 Å². The molecule has 4 atom stereocenters. The van der Waals surface area contributed by atoms with Crippen LogP contribution in [0.3, 0.4) is 0 Å². The highest BCUT2D eigenvalue weighted by Gasteiger charge is 2.35. The van der Waals surface area contributed by atoms with Gasteiger partial charge in [0.05, 0.1) is 6.10 Å². The second kappa shape index (κ2) is 9.91. The molecule has 4 unspecified atom stereocenters. The summed E-state index contributed by atoms with van der Waals surface area (Å²) in [5.41, 5.74) is -0.822. The van der Waals surface area contributed by atoms with Gasteiger partial charge < -0.3 is 9.84 Å². The van der Waals surface area contributed by atoms with Gasteiger partial charge in [-0.2, -0.15) is 0 Å². The molecule has 4 heteroatoms. The number of esters is 1. The number of carbonyl (C=O) groups is 2. The molecule has 0 radical (unpaired) electrons. The third-order valence-corrected chi connectivity index (χ3v) is 5.11. The van der Waals surface area contributed by atoms with Gasteiger partial charge in [0.25, 0.3) is 0 Å². The molecule has 1 aliphatic heterocycles. The Hall–Kier alpha value is -1.42. The third-order valence-electron chi connectivity index (χ3n) is 5.11. The molecule has 0 saturated heterocycles. The minimum absolute atomic E-state index is 0.0602. The Morgan fingerprint density at radius 3 is 2.56 bits per heavy atom. The van der Waals surface area contributed by atoms with Crippen molar-refractivity contribution >= 4 is 11.8 Å². The maximum Gasteiger partial charge on any atom is 0.330 e. The van der Waals surface area contributed by atoms with E-state index >= 15 is 0 Å². The predicted molar refractivity (Wildman–Crippen MR) is 100 cm³/mol. The average molecular weight is 350 g/mol. The van der Waals surface area contributed by atoms with E-state index in [1.54, 1.807) is 26.8 Å². The van der Waals surface area contributed by atoms with E-state index in [0.29, 0.717) is 6.42 Å². The molecule has 0 aromatic heterocycles. The molecule has 0 fully saturated rings. The first-order valence-corrected chi connectivity index (χ1v) is 9.46. The van der Waals surface area contributed by atoms with Gasteiger partial charge in [-0.05, 0) is 45.4 Å². The van der Waals surface area contributed by atoms with Crippen molar-refractivity contribution in [2.75, 3.05) is 0 Å². The number of aliphatic hydroxyl groups excluding tert-OH is 1. The lowest BCUT2D eigenvalue weighted by Gasteiger charge is -2.29. The van der Waals surface area contributed by atoms with E-state index in [1.165, 1.54) is 6.08 Å². The topological polar surface area (TPSA) is 63.6 Å². The van der Waals surface area contributed by atoms with E-state index in [2.05, 4.69) is 12.2 Å². The lowest BCUT2D eigenvalue weighted by molar-refractivity contribution is -0.143. The lowest BCUT2D eigenvalue weighted by Crippen LogP contribution is -2.38. The molecule has 0 aromatic carbocycles. The standard InChI is InChI=1S/C21H34O4/c1-6-17-12-10-8-7-9-11-15(2)19(23)16(3)20(24)21(4,5)14-13-18(22)25-17/h8,10,13-17,19,23H,6-7,9,11-12H2,1-5H3/b10-8?,14-13+. The monoisotopic (exact) mass is 350 g/mol. The quantitative estimate of drug-likeness (QED) is 0.568. The number of ether oxygens (including phenoxy) is 1. The summed E-state index contributed by atoms with van der Waals surface area (Å²) in [4.78, 5) is 24.8. The predicted octanol–water partition coefficient (Wildman–Crippen LogP) is 4.22. The summed E-state index contributed by atoms with van der Waals surface area (Å²) in [5, 5.41) is 10.5. The number of Topliss-reactive ketones (excluding diaryl/α,β-unsaturated/α-hetero) is 1. The van der Waals surface area contributed by atoms with Gasteiger partial charge in [0.1, 0.15) is 11.9 Å². The van der Waals surface area contributed by atoms with Gasteiger partial charge in [0.2, 0.25) is 0 Å². The molecular weight excluding hydrogens is 316 g/mol. The molecule has 0 bridgehead atoms. The van der Waals surface area contributed by atoms with Crippen LogP contribution in [-0.2, 0) is 14.3 Å². The van der Waals surface area contributed by atoms with Crippen molar-refractivity contribution in [3.05, 3.63) is 24.3 Å². The van der Waals surface area contributed by atoms with E-state index in [0.717, 1.165) is 25.7 Å². The second-order valence-corrected chi connectivity index (χ2v) is 7.78. The number of hydrogen-bond acceptors (Lipinski definition) is 4. The maximum absolute atomic E-state index is 12.8. The second-order valence-electron chi connectivity index (χ2n) is 7.78. The Morgan fingerprint density at radius 1 is 1.24 bits per heavy atom.